The second-order valence-electron chi connectivity index (χ2n) is 4.23. The predicted octanol–water partition coefficient (Wildman–Crippen LogP) is 4.26. The van der Waals surface area contributed by atoms with Gasteiger partial charge in [0.25, 0.3) is 0 Å². The Morgan fingerprint density at radius 3 is 2.15 bits per heavy atom. The van der Waals surface area contributed by atoms with Crippen LogP contribution in [0.4, 0.5) is 17.3 Å². The molecule has 3 rings (SSSR count). The Morgan fingerprint density at radius 2 is 1.50 bits per heavy atom. The van der Waals surface area contributed by atoms with Crippen molar-refractivity contribution in [1.82, 2.24) is 9.97 Å². The average Bonchev–Trinajstić information content (AvgIpc) is 2.38. The van der Waals surface area contributed by atoms with E-state index in [4.69, 9.17) is 28.9 Å². The molecule has 3 N–H and O–H groups in total. The van der Waals surface area contributed by atoms with E-state index in [1.165, 1.54) is 0 Å². The fourth-order valence-corrected chi connectivity index (χ4v) is 2.39. The fourth-order valence-electron chi connectivity index (χ4n) is 1.87. The molecule has 0 fully saturated rings. The van der Waals surface area contributed by atoms with Crippen molar-refractivity contribution in [2.24, 2.45) is 0 Å². The normalized spacial score (nSPS) is 10.7. The second kappa shape index (κ2) is 5.15. The van der Waals surface area contributed by atoms with Crippen molar-refractivity contribution in [2.45, 2.75) is 0 Å². The summed E-state index contributed by atoms with van der Waals surface area (Å²) in [4.78, 5) is 8.75. The molecule has 0 bridgehead atoms. The highest BCUT2D eigenvalue weighted by Crippen LogP contribution is 2.27. The SMILES string of the molecule is Nc1nc2ccccc2nc1Nc1cc(Cl)cc(Cl)c1. The zero-order chi connectivity index (χ0) is 14.1. The van der Waals surface area contributed by atoms with Crippen LogP contribution in [0.15, 0.2) is 42.5 Å². The fraction of sp³-hybridized carbons (Fsp3) is 0. The molecule has 0 aliphatic carbocycles. The molecule has 2 aromatic carbocycles. The molecule has 1 aromatic heterocycles. The maximum Gasteiger partial charge on any atom is 0.174 e. The summed E-state index contributed by atoms with van der Waals surface area (Å²) in [5.41, 5.74) is 8.13. The third kappa shape index (κ3) is 2.61. The molecule has 100 valence electrons. The lowest BCUT2D eigenvalue weighted by molar-refractivity contribution is 1.29. The Morgan fingerprint density at radius 1 is 0.900 bits per heavy atom. The number of hydrogen-bond acceptors (Lipinski definition) is 4. The van der Waals surface area contributed by atoms with Crippen molar-refractivity contribution in [1.29, 1.82) is 0 Å². The van der Waals surface area contributed by atoms with Gasteiger partial charge in [-0.2, -0.15) is 0 Å². The van der Waals surface area contributed by atoms with Gasteiger partial charge >= 0.3 is 0 Å². The van der Waals surface area contributed by atoms with Crippen LogP contribution >= 0.6 is 23.2 Å². The average molecular weight is 305 g/mol. The predicted molar refractivity (Wildman–Crippen MR) is 83.7 cm³/mol. The van der Waals surface area contributed by atoms with Gasteiger partial charge in [0, 0.05) is 15.7 Å². The molecule has 6 heteroatoms. The maximum absolute atomic E-state index is 5.96. The first kappa shape index (κ1) is 13.0. The Kier molecular flexibility index (Phi) is 3.34. The third-order valence-corrected chi connectivity index (χ3v) is 3.16. The lowest BCUT2D eigenvalue weighted by atomic mass is 10.3. The van der Waals surface area contributed by atoms with Crippen LogP contribution in [0.1, 0.15) is 0 Å². The lowest BCUT2D eigenvalue weighted by Crippen LogP contribution is -2.02. The van der Waals surface area contributed by atoms with E-state index in [1.54, 1.807) is 18.2 Å². The van der Waals surface area contributed by atoms with Crippen LogP contribution in [-0.2, 0) is 0 Å². The molecular formula is C14H10Cl2N4. The Bertz CT molecular complexity index is 769. The van der Waals surface area contributed by atoms with E-state index in [-0.39, 0.29) is 0 Å². The van der Waals surface area contributed by atoms with E-state index in [9.17, 15) is 0 Å². The van der Waals surface area contributed by atoms with Crippen LogP contribution in [0.2, 0.25) is 10.0 Å². The standard InChI is InChI=1S/C14H10Cl2N4/c15-8-5-9(16)7-10(6-8)18-14-13(17)19-11-3-1-2-4-12(11)20-14/h1-7H,(H2,17,19)(H,18,20). The quantitative estimate of drug-likeness (QED) is 0.742. The summed E-state index contributed by atoms with van der Waals surface area (Å²) in [5.74, 6) is 0.793. The van der Waals surface area contributed by atoms with Crippen LogP contribution in [0.5, 0.6) is 0 Å². The van der Waals surface area contributed by atoms with Gasteiger partial charge in [0.2, 0.25) is 0 Å². The highest BCUT2D eigenvalue weighted by molar-refractivity contribution is 6.35. The van der Waals surface area contributed by atoms with Crippen molar-refractivity contribution in [3.63, 3.8) is 0 Å². The van der Waals surface area contributed by atoms with Crippen LogP contribution in [0, 0.1) is 0 Å². The molecule has 0 aliphatic rings. The second-order valence-corrected chi connectivity index (χ2v) is 5.10. The highest BCUT2D eigenvalue weighted by Gasteiger charge is 2.07. The van der Waals surface area contributed by atoms with Gasteiger partial charge < -0.3 is 11.1 Å². The van der Waals surface area contributed by atoms with Crippen LogP contribution in [-0.4, -0.2) is 9.97 Å². The number of hydrogen-bond donors (Lipinski definition) is 2. The van der Waals surface area contributed by atoms with Gasteiger partial charge in [-0.25, -0.2) is 9.97 Å². The Labute approximate surface area is 125 Å². The number of fused-ring (bicyclic) bond motifs is 1. The monoisotopic (exact) mass is 304 g/mol. The highest BCUT2D eigenvalue weighted by atomic mass is 35.5. The molecule has 0 saturated heterocycles. The number of nitrogens with zero attached hydrogens (tertiary/aromatic N) is 2. The van der Waals surface area contributed by atoms with Crippen LogP contribution < -0.4 is 11.1 Å². The number of nitrogens with one attached hydrogen (secondary N) is 1. The molecule has 3 aromatic rings. The first-order valence-electron chi connectivity index (χ1n) is 5.87. The lowest BCUT2D eigenvalue weighted by Gasteiger charge is -2.09. The topological polar surface area (TPSA) is 63.8 Å². The van der Waals surface area contributed by atoms with Crippen LogP contribution in [0.25, 0.3) is 11.0 Å². The van der Waals surface area contributed by atoms with E-state index >= 15 is 0 Å². The molecule has 0 atom stereocenters. The van der Waals surface area contributed by atoms with E-state index in [0.29, 0.717) is 27.4 Å². The summed E-state index contributed by atoms with van der Waals surface area (Å²) in [7, 11) is 0. The minimum atomic E-state index is 0.319. The summed E-state index contributed by atoms with van der Waals surface area (Å²) in [6.07, 6.45) is 0. The van der Waals surface area contributed by atoms with Crippen molar-refractivity contribution >= 4 is 51.6 Å². The molecule has 1 heterocycles. The number of nitrogens with two attached hydrogens (primary N) is 1. The smallest absolute Gasteiger partial charge is 0.174 e. The van der Waals surface area contributed by atoms with Gasteiger partial charge in [-0.3, -0.25) is 0 Å². The Balaban J connectivity index is 2.03. The van der Waals surface area contributed by atoms with Gasteiger partial charge in [0.1, 0.15) is 0 Å². The minimum Gasteiger partial charge on any atom is -0.381 e. The minimum absolute atomic E-state index is 0.319. The number of rotatable bonds is 2. The molecule has 0 radical (unpaired) electrons. The number of nitrogen functional groups attached to an aromatic ring is 1. The van der Waals surface area contributed by atoms with Crippen molar-refractivity contribution in [3.8, 4) is 0 Å². The number of halogens is 2. The summed E-state index contributed by atoms with van der Waals surface area (Å²) in [6.45, 7) is 0. The molecule has 20 heavy (non-hydrogen) atoms. The van der Waals surface area contributed by atoms with Crippen molar-refractivity contribution < 1.29 is 0 Å². The number of benzene rings is 2. The summed E-state index contributed by atoms with van der Waals surface area (Å²) >= 11 is 11.9. The zero-order valence-electron chi connectivity index (χ0n) is 10.3. The third-order valence-electron chi connectivity index (χ3n) is 2.72. The number of para-hydroxylation sites is 2. The molecule has 0 spiro atoms. The van der Waals surface area contributed by atoms with E-state index in [2.05, 4.69) is 15.3 Å². The first-order chi connectivity index (χ1) is 9.61. The van der Waals surface area contributed by atoms with Crippen molar-refractivity contribution in [2.75, 3.05) is 11.1 Å². The van der Waals surface area contributed by atoms with Gasteiger partial charge in [0.05, 0.1) is 11.0 Å². The first-order valence-corrected chi connectivity index (χ1v) is 6.63. The Hall–Kier alpha value is -2.04. The summed E-state index contributed by atoms with van der Waals surface area (Å²) in [5, 5.41) is 4.15. The molecule has 4 nitrogen and oxygen atoms in total. The largest absolute Gasteiger partial charge is 0.381 e. The number of anilines is 3. The van der Waals surface area contributed by atoms with Crippen LogP contribution in [0.3, 0.4) is 0 Å². The maximum atomic E-state index is 5.96. The molecule has 0 amide bonds. The van der Waals surface area contributed by atoms with Crippen molar-refractivity contribution in [3.05, 3.63) is 52.5 Å². The molecular weight excluding hydrogens is 295 g/mol. The van der Waals surface area contributed by atoms with E-state index in [0.717, 1.165) is 11.0 Å². The summed E-state index contributed by atoms with van der Waals surface area (Å²) in [6, 6.07) is 12.7. The van der Waals surface area contributed by atoms with Gasteiger partial charge in [-0.1, -0.05) is 35.3 Å². The van der Waals surface area contributed by atoms with Gasteiger partial charge in [-0.05, 0) is 30.3 Å². The summed E-state index contributed by atoms with van der Waals surface area (Å²) < 4.78 is 0. The number of aromatic nitrogens is 2. The van der Waals surface area contributed by atoms with Gasteiger partial charge in [0.15, 0.2) is 11.6 Å². The molecule has 0 saturated carbocycles. The van der Waals surface area contributed by atoms with E-state index < -0.39 is 0 Å². The van der Waals surface area contributed by atoms with E-state index in [1.807, 2.05) is 24.3 Å². The molecule has 0 aliphatic heterocycles. The van der Waals surface area contributed by atoms with Gasteiger partial charge in [-0.15, -0.1) is 0 Å². The molecule has 0 unspecified atom stereocenters. The zero-order valence-corrected chi connectivity index (χ0v) is 11.8.